The highest BCUT2D eigenvalue weighted by Crippen LogP contribution is 2.23. The van der Waals surface area contributed by atoms with Crippen molar-refractivity contribution >= 4 is 17.4 Å². The Morgan fingerprint density at radius 2 is 2.40 bits per heavy atom. The van der Waals surface area contributed by atoms with Gasteiger partial charge in [0.05, 0.1) is 11.3 Å². The zero-order valence-electron chi connectivity index (χ0n) is 8.16. The second-order valence-electron chi connectivity index (χ2n) is 3.51. The Morgan fingerprint density at radius 3 is 3.07 bits per heavy atom. The van der Waals surface area contributed by atoms with Gasteiger partial charge in [-0.1, -0.05) is 0 Å². The van der Waals surface area contributed by atoms with Gasteiger partial charge in [-0.15, -0.1) is 0 Å². The van der Waals surface area contributed by atoms with Crippen molar-refractivity contribution in [2.75, 3.05) is 16.8 Å². The van der Waals surface area contributed by atoms with Gasteiger partial charge in [0.25, 0.3) is 0 Å². The first-order valence-electron chi connectivity index (χ1n) is 4.83. The zero-order chi connectivity index (χ0) is 10.7. The first kappa shape index (κ1) is 10.3. The predicted molar refractivity (Wildman–Crippen MR) is 60.5 cm³/mol. The fourth-order valence-electron chi connectivity index (χ4n) is 1.60. The highest BCUT2D eigenvalue weighted by molar-refractivity contribution is 7.99. The van der Waals surface area contributed by atoms with E-state index < -0.39 is 0 Å². The summed E-state index contributed by atoms with van der Waals surface area (Å²) in [5.41, 5.74) is 1.12. The number of nitriles is 1. The first-order chi connectivity index (χ1) is 7.29. The molecule has 2 rings (SSSR count). The number of benzene rings is 1. The van der Waals surface area contributed by atoms with E-state index in [0.29, 0.717) is 11.6 Å². The van der Waals surface area contributed by atoms with Gasteiger partial charge in [-0.25, -0.2) is 4.39 Å². The van der Waals surface area contributed by atoms with E-state index in [-0.39, 0.29) is 5.82 Å². The first-order valence-corrected chi connectivity index (χ1v) is 5.99. The topological polar surface area (TPSA) is 35.8 Å². The lowest BCUT2D eigenvalue weighted by Crippen LogP contribution is -2.18. The molecule has 1 aromatic carbocycles. The molecule has 1 unspecified atom stereocenters. The molecular weight excluding hydrogens is 211 g/mol. The van der Waals surface area contributed by atoms with E-state index in [1.165, 1.54) is 12.1 Å². The van der Waals surface area contributed by atoms with E-state index in [1.54, 1.807) is 6.07 Å². The van der Waals surface area contributed by atoms with Gasteiger partial charge in [-0.3, -0.25) is 0 Å². The molecule has 0 spiro atoms. The molecule has 1 aliphatic heterocycles. The fraction of sp³-hybridized carbons (Fsp3) is 0.364. The van der Waals surface area contributed by atoms with Crippen molar-refractivity contribution in [1.29, 1.82) is 5.26 Å². The number of rotatable bonds is 2. The molecular formula is C11H11FN2S. The third-order valence-electron chi connectivity index (χ3n) is 2.39. The van der Waals surface area contributed by atoms with Gasteiger partial charge >= 0.3 is 0 Å². The molecule has 0 saturated carbocycles. The number of hydrogen-bond donors (Lipinski definition) is 1. The van der Waals surface area contributed by atoms with Gasteiger partial charge in [0, 0.05) is 11.8 Å². The molecule has 1 N–H and O–H groups in total. The SMILES string of the molecule is N#Cc1cc(F)ccc1NC1CCSC1. The minimum atomic E-state index is -0.363. The Labute approximate surface area is 92.5 Å². The summed E-state index contributed by atoms with van der Waals surface area (Å²) in [6.45, 7) is 0. The maximum absolute atomic E-state index is 12.9. The summed E-state index contributed by atoms with van der Waals surface area (Å²) >= 11 is 1.90. The number of hydrogen-bond acceptors (Lipinski definition) is 3. The number of halogens is 1. The van der Waals surface area contributed by atoms with Crippen molar-refractivity contribution in [3.05, 3.63) is 29.6 Å². The molecule has 15 heavy (non-hydrogen) atoms. The molecule has 0 amide bonds. The van der Waals surface area contributed by atoms with Crippen molar-refractivity contribution in [2.24, 2.45) is 0 Å². The van der Waals surface area contributed by atoms with Crippen LogP contribution in [0.3, 0.4) is 0 Å². The van der Waals surface area contributed by atoms with E-state index in [4.69, 9.17) is 5.26 Å². The van der Waals surface area contributed by atoms with Crippen LogP contribution in [0.25, 0.3) is 0 Å². The van der Waals surface area contributed by atoms with Gasteiger partial charge in [0.2, 0.25) is 0 Å². The van der Waals surface area contributed by atoms with Gasteiger partial charge in [0.15, 0.2) is 0 Å². The van der Waals surface area contributed by atoms with Crippen LogP contribution >= 0.6 is 11.8 Å². The summed E-state index contributed by atoms with van der Waals surface area (Å²) in [7, 11) is 0. The Balaban J connectivity index is 2.16. The summed E-state index contributed by atoms with van der Waals surface area (Å²) in [6, 6.07) is 6.70. The molecule has 78 valence electrons. The maximum atomic E-state index is 12.9. The highest BCUT2D eigenvalue weighted by Gasteiger charge is 2.16. The standard InChI is InChI=1S/C11H11FN2S/c12-9-1-2-11(8(5-9)6-13)14-10-3-4-15-7-10/h1-2,5,10,14H,3-4,7H2. The zero-order valence-corrected chi connectivity index (χ0v) is 8.98. The lowest BCUT2D eigenvalue weighted by atomic mass is 10.1. The Kier molecular flexibility index (Phi) is 3.12. The molecule has 2 nitrogen and oxygen atoms in total. The van der Waals surface area contributed by atoms with E-state index in [2.05, 4.69) is 5.32 Å². The molecule has 1 aromatic rings. The summed E-state index contributed by atoms with van der Waals surface area (Å²) < 4.78 is 12.9. The summed E-state index contributed by atoms with van der Waals surface area (Å²) in [6.07, 6.45) is 1.10. The van der Waals surface area contributed by atoms with Crippen LogP contribution in [0.5, 0.6) is 0 Å². The number of anilines is 1. The molecule has 0 radical (unpaired) electrons. The van der Waals surface area contributed by atoms with E-state index in [1.807, 2.05) is 17.8 Å². The van der Waals surface area contributed by atoms with Gasteiger partial charge < -0.3 is 5.32 Å². The largest absolute Gasteiger partial charge is 0.380 e. The monoisotopic (exact) mass is 222 g/mol. The van der Waals surface area contributed by atoms with E-state index in [0.717, 1.165) is 23.6 Å². The van der Waals surface area contributed by atoms with Crippen LogP contribution in [-0.4, -0.2) is 17.5 Å². The minimum absolute atomic E-state index is 0.363. The van der Waals surface area contributed by atoms with Crippen molar-refractivity contribution in [3.63, 3.8) is 0 Å². The average Bonchev–Trinajstić information content (AvgIpc) is 2.73. The number of nitrogens with zero attached hydrogens (tertiary/aromatic N) is 1. The molecule has 1 saturated heterocycles. The quantitative estimate of drug-likeness (QED) is 0.835. The number of nitrogens with one attached hydrogen (secondary N) is 1. The van der Waals surface area contributed by atoms with Crippen LogP contribution < -0.4 is 5.32 Å². The Bertz CT molecular complexity index is 394. The summed E-state index contributed by atoms with van der Waals surface area (Å²) in [4.78, 5) is 0. The Hall–Kier alpha value is -1.21. The molecule has 1 heterocycles. The Morgan fingerprint density at radius 1 is 1.53 bits per heavy atom. The maximum Gasteiger partial charge on any atom is 0.124 e. The van der Waals surface area contributed by atoms with Gasteiger partial charge in [-0.05, 0) is 30.4 Å². The van der Waals surface area contributed by atoms with E-state index in [9.17, 15) is 4.39 Å². The minimum Gasteiger partial charge on any atom is -0.380 e. The van der Waals surface area contributed by atoms with Crippen LogP contribution in [-0.2, 0) is 0 Å². The number of thioether (sulfide) groups is 1. The molecule has 0 aromatic heterocycles. The molecule has 1 atom stereocenters. The van der Waals surface area contributed by atoms with Crippen molar-refractivity contribution < 1.29 is 4.39 Å². The van der Waals surface area contributed by atoms with Crippen LogP contribution in [0.4, 0.5) is 10.1 Å². The normalized spacial score (nSPS) is 19.9. The van der Waals surface area contributed by atoms with Crippen molar-refractivity contribution in [2.45, 2.75) is 12.5 Å². The highest BCUT2D eigenvalue weighted by atomic mass is 32.2. The average molecular weight is 222 g/mol. The lowest BCUT2D eigenvalue weighted by Gasteiger charge is -2.13. The lowest BCUT2D eigenvalue weighted by molar-refractivity contribution is 0.627. The third kappa shape index (κ3) is 2.42. The smallest absolute Gasteiger partial charge is 0.124 e. The molecule has 4 heteroatoms. The summed E-state index contributed by atoms with van der Waals surface area (Å²) in [5, 5.41) is 12.1. The second-order valence-corrected chi connectivity index (χ2v) is 4.66. The van der Waals surface area contributed by atoms with Crippen molar-refractivity contribution in [1.82, 2.24) is 0 Å². The fourth-order valence-corrected chi connectivity index (χ4v) is 2.76. The van der Waals surface area contributed by atoms with Crippen LogP contribution in [0.1, 0.15) is 12.0 Å². The van der Waals surface area contributed by atoms with Crippen LogP contribution in [0, 0.1) is 17.1 Å². The molecule has 0 aliphatic carbocycles. The van der Waals surface area contributed by atoms with Crippen LogP contribution in [0.15, 0.2) is 18.2 Å². The molecule has 1 fully saturated rings. The molecule has 0 bridgehead atoms. The summed E-state index contributed by atoms with van der Waals surface area (Å²) in [5.74, 6) is 1.85. The predicted octanol–water partition coefficient (Wildman–Crippen LogP) is 2.61. The van der Waals surface area contributed by atoms with E-state index >= 15 is 0 Å². The van der Waals surface area contributed by atoms with Gasteiger partial charge in [0.1, 0.15) is 11.9 Å². The third-order valence-corrected chi connectivity index (χ3v) is 3.55. The van der Waals surface area contributed by atoms with Crippen molar-refractivity contribution in [3.8, 4) is 6.07 Å². The van der Waals surface area contributed by atoms with Gasteiger partial charge in [-0.2, -0.15) is 17.0 Å². The second kappa shape index (κ2) is 4.54. The molecule has 1 aliphatic rings. The van der Waals surface area contributed by atoms with Crippen LogP contribution in [0.2, 0.25) is 0 Å².